The third-order valence-electron chi connectivity index (χ3n) is 5.25. The van der Waals surface area contributed by atoms with Crippen molar-refractivity contribution in [2.45, 2.75) is 31.1 Å². The van der Waals surface area contributed by atoms with Crippen LogP contribution in [-0.4, -0.2) is 18.0 Å². The molecule has 8 heteroatoms. The van der Waals surface area contributed by atoms with E-state index in [1.807, 2.05) is 12.1 Å². The van der Waals surface area contributed by atoms with E-state index in [2.05, 4.69) is 16.6 Å². The zero-order valence-electron chi connectivity index (χ0n) is 17.5. The van der Waals surface area contributed by atoms with Gasteiger partial charge in [0.1, 0.15) is 0 Å². The molecule has 0 unspecified atom stereocenters. The van der Waals surface area contributed by atoms with Gasteiger partial charge in [0.2, 0.25) is 0 Å². The predicted octanol–water partition coefficient (Wildman–Crippen LogP) is 3.82. The fourth-order valence-corrected chi connectivity index (χ4v) is 4.74. The van der Waals surface area contributed by atoms with Gasteiger partial charge in [0.15, 0.2) is 0 Å². The summed E-state index contributed by atoms with van der Waals surface area (Å²) in [4.78, 5) is 28.1. The van der Waals surface area contributed by atoms with E-state index in [0.29, 0.717) is 16.6 Å². The summed E-state index contributed by atoms with van der Waals surface area (Å²) in [6, 6.07) is 19.7. The van der Waals surface area contributed by atoms with Gasteiger partial charge in [0.05, 0.1) is 27.2 Å². The summed E-state index contributed by atoms with van der Waals surface area (Å²) in [5.41, 5.74) is 0.873. The molecule has 4 aromatic rings. The minimum absolute atomic E-state index is 0.0419. The van der Waals surface area contributed by atoms with Crippen molar-refractivity contribution in [2.24, 2.45) is 0 Å². The Bertz CT molecular complexity index is 1500. The Balaban J connectivity index is 1.75. The summed E-state index contributed by atoms with van der Waals surface area (Å²) < 4.78 is 29.8. The van der Waals surface area contributed by atoms with Gasteiger partial charge in [-0.25, -0.2) is 17.8 Å². The average Bonchev–Trinajstić information content (AvgIpc) is 2.78. The van der Waals surface area contributed by atoms with Crippen molar-refractivity contribution < 1.29 is 8.42 Å². The van der Waals surface area contributed by atoms with E-state index in [1.165, 1.54) is 24.3 Å². The lowest BCUT2D eigenvalue weighted by molar-refractivity contribution is 0.601. The summed E-state index contributed by atoms with van der Waals surface area (Å²) >= 11 is 0. The number of benzene rings is 3. The van der Waals surface area contributed by atoms with Gasteiger partial charge in [0, 0.05) is 0 Å². The average molecular weight is 450 g/mol. The number of sulfonamides is 1. The number of fused-ring (bicyclic) bond motifs is 1. The molecule has 4 rings (SSSR count). The zero-order chi connectivity index (χ0) is 22.7. The number of nitrogens with one attached hydrogen (secondary N) is 2. The summed E-state index contributed by atoms with van der Waals surface area (Å²) in [6.45, 7) is 2.08. The molecule has 1 aromatic heterocycles. The smallest absolute Gasteiger partial charge is 0.306 e. The lowest BCUT2D eigenvalue weighted by atomic mass is 10.1. The van der Waals surface area contributed by atoms with E-state index in [-0.39, 0.29) is 10.6 Å². The van der Waals surface area contributed by atoms with Gasteiger partial charge in [-0.2, -0.15) is 0 Å². The van der Waals surface area contributed by atoms with Crippen molar-refractivity contribution in [3.05, 3.63) is 99.2 Å². The Morgan fingerprint density at radius 3 is 2.50 bits per heavy atom. The van der Waals surface area contributed by atoms with Crippen LogP contribution in [0.5, 0.6) is 0 Å². The molecule has 0 spiro atoms. The van der Waals surface area contributed by atoms with Crippen LogP contribution in [0.25, 0.3) is 16.6 Å². The maximum atomic E-state index is 13.1. The molecule has 0 saturated carbocycles. The second-order valence-corrected chi connectivity index (χ2v) is 9.16. The summed E-state index contributed by atoms with van der Waals surface area (Å²) in [7, 11) is -3.94. The number of anilines is 1. The Hall–Kier alpha value is -3.65. The number of hydrogen-bond donors (Lipinski definition) is 2. The highest BCUT2D eigenvalue weighted by molar-refractivity contribution is 7.92. The van der Waals surface area contributed by atoms with Gasteiger partial charge in [-0.3, -0.25) is 9.52 Å². The Labute approximate surface area is 185 Å². The molecule has 0 radical (unpaired) electrons. The van der Waals surface area contributed by atoms with Gasteiger partial charge >= 0.3 is 5.69 Å². The van der Waals surface area contributed by atoms with Crippen molar-refractivity contribution in [1.29, 1.82) is 0 Å². The molecule has 3 aromatic carbocycles. The highest BCUT2D eigenvalue weighted by Crippen LogP contribution is 2.22. The van der Waals surface area contributed by atoms with Crippen molar-refractivity contribution in [3.8, 4) is 5.69 Å². The fraction of sp³-hybridized carbons (Fsp3) is 0.167. The van der Waals surface area contributed by atoms with Crippen LogP contribution < -0.4 is 16.0 Å². The first-order chi connectivity index (χ1) is 15.4. The fourth-order valence-electron chi connectivity index (χ4n) is 3.60. The van der Waals surface area contributed by atoms with Crippen LogP contribution >= 0.6 is 0 Å². The molecule has 0 saturated heterocycles. The molecule has 0 bridgehead atoms. The zero-order valence-corrected chi connectivity index (χ0v) is 18.4. The second kappa shape index (κ2) is 8.84. The molecular formula is C24H23N3O4S. The molecule has 164 valence electrons. The summed E-state index contributed by atoms with van der Waals surface area (Å²) in [5.74, 6) is 0. The molecule has 2 N–H and O–H groups in total. The topological polar surface area (TPSA) is 101 Å². The number of para-hydroxylation sites is 2. The highest BCUT2D eigenvalue weighted by atomic mass is 32.2. The van der Waals surface area contributed by atoms with Crippen molar-refractivity contribution in [2.75, 3.05) is 4.72 Å². The van der Waals surface area contributed by atoms with E-state index < -0.39 is 21.3 Å². The quantitative estimate of drug-likeness (QED) is 0.448. The molecular weight excluding hydrogens is 426 g/mol. The molecule has 1 heterocycles. The first-order valence-corrected chi connectivity index (χ1v) is 11.8. The van der Waals surface area contributed by atoms with Crippen LogP contribution in [0, 0.1) is 0 Å². The Morgan fingerprint density at radius 2 is 1.69 bits per heavy atom. The maximum Gasteiger partial charge on any atom is 0.333 e. The lowest BCUT2D eigenvalue weighted by Gasteiger charge is -2.13. The first kappa shape index (κ1) is 21.6. The normalized spacial score (nSPS) is 11.5. The number of unbranched alkanes of at least 4 members (excludes halogenated alkanes) is 1. The predicted molar refractivity (Wildman–Crippen MR) is 126 cm³/mol. The van der Waals surface area contributed by atoms with E-state index in [4.69, 9.17) is 0 Å². The van der Waals surface area contributed by atoms with Crippen molar-refractivity contribution in [3.63, 3.8) is 0 Å². The summed E-state index contributed by atoms with van der Waals surface area (Å²) in [5, 5.41) is 0.336. The molecule has 0 atom stereocenters. The van der Waals surface area contributed by atoms with Gasteiger partial charge in [-0.15, -0.1) is 0 Å². The van der Waals surface area contributed by atoms with E-state index >= 15 is 0 Å². The Kier molecular flexibility index (Phi) is 5.96. The Morgan fingerprint density at radius 1 is 0.938 bits per heavy atom. The SMILES string of the molecule is CCCCc1ccccc1NS(=O)(=O)c1cccc(-n2c(=O)[nH]c3ccccc3c2=O)c1. The van der Waals surface area contributed by atoms with Crippen LogP contribution in [0.1, 0.15) is 25.3 Å². The highest BCUT2D eigenvalue weighted by Gasteiger charge is 2.18. The largest absolute Gasteiger partial charge is 0.333 e. The molecule has 7 nitrogen and oxygen atoms in total. The van der Waals surface area contributed by atoms with Gasteiger partial charge < -0.3 is 4.98 Å². The van der Waals surface area contributed by atoms with E-state index in [9.17, 15) is 18.0 Å². The number of aromatic amines is 1. The molecule has 0 aliphatic heterocycles. The van der Waals surface area contributed by atoms with Gasteiger partial charge in [0.25, 0.3) is 15.6 Å². The van der Waals surface area contributed by atoms with Crippen LogP contribution in [0.3, 0.4) is 0 Å². The number of nitrogens with zero attached hydrogens (tertiary/aromatic N) is 1. The van der Waals surface area contributed by atoms with Crippen molar-refractivity contribution >= 4 is 26.6 Å². The van der Waals surface area contributed by atoms with E-state index in [0.717, 1.165) is 29.4 Å². The summed E-state index contributed by atoms with van der Waals surface area (Å²) in [6.07, 6.45) is 2.71. The number of aryl methyl sites for hydroxylation is 1. The molecule has 0 aliphatic rings. The van der Waals surface area contributed by atoms with Crippen LogP contribution in [0.2, 0.25) is 0 Å². The molecule has 0 aliphatic carbocycles. The maximum absolute atomic E-state index is 13.1. The molecule has 32 heavy (non-hydrogen) atoms. The van der Waals surface area contributed by atoms with Gasteiger partial charge in [-0.05, 0) is 54.8 Å². The van der Waals surface area contributed by atoms with Crippen LogP contribution in [-0.2, 0) is 16.4 Å². The van der Waals surface area contributed by atoms with Crippen LogP contribution in [0.15, 0.2) is 87.3 Å². The minimum Gasteiger partial charge on any atom is -0.306 e. The number of hydrogen-bond acceptors (Lipinski definition) is 4. The number of aromatic nitrogens is 2. The van der Waals surface area contributed by atoms with Gasteiger partial charge in [-0.1, -0.05) is 49.7 Å². The minimum atomic E-state index is -3.94. The molecule has 0 amide bonds. The monoisotopic (exact) mass is 449 g/mol. The third-order valence-corrected chi connectivity index (χ3v) is 6.62. The standard InChI is InChI=1S/C24H23N3O4S/c1-2-3-9-17-10-4-6-14-21(17)26-32(30,31)19-12-8-11-18(16-19)27-23(28)20-13-5-7-15-22(20)25-24(27)29/h4-8,10-16,26H,2-3,9H2,1H3,(H,25,29). The number of H-pyrrole nitrogens is 1. The second-order valence-electron chi connectivity index (χ2n) is 7.48. The number of rotatable bonds is 7. The molecule has 0 fully saturated rings. The van der Waals surface area contributed by atoms with Crippen LogP contribution in [0.4, 0.5) is 5.69 Å². The third kappa shape index (κ3) is 4.22. The van der Waals surface area contributed by atoms with E-state index in [1.54, 1.807) is 36.4 Å². The lowest BCUT2D eigenvalue weighted by Crippen LogP contribution is -2.33. The first-order valence-electron chi connectivity index (χ1n) is 10.4. The van der Waals surface area contributed by atoms with Crippen molar-refractivity contribution in [1.82, 2.24) is 9.55 Å².